The normalized spacial score (nSPS) is 21.5. The number of piperidine rings is 1. The number of aromatic nitrogens is 1. The lowest BCUT2D eigenvalue weighted by atomic mass is 10.1. The lowest BCUT2D eigenvalue weighted by molar-refractivity contribution is -0.163. The maximum atomic E-state index is 13.7. The molecule has 4 heterocycles. The molecule has 0 aromatic carbocycles. The Kier molecular flexibility index (Phi) is 6.62. The first-order valence-electron chi connectivity index (χ1n) is 10.9. The molecule has 9 nitrogen and oxygen atoms in total. The number of nitrogens with one attached hydrogen (secondary N) is 2. The number of hydrogen-bond donors (Lipinski definition) is 2. The van der Waals surface area contributed by atoms with E-state index in [1.54, 1.807) is 18.4 Å². The van der Waals surface area contributed by atoms with Crippen LogP contribution in [0, 0.1) is 0 Å². The van der Waals surface area contributed by atoms with Crippen molar-refractivity contribution in [3.05, 3.63) is 65.9 Å². The van der Waals surface area contributed by atoms with Gasteiger partial charge in [0.25, 0.3) is 11.8 Å². The van der Waals surface area contributed by atoms with Gasteiger partial charge in [0.2, 0.25) is 0 Å². The Morgan fingerprint density at radius 1 is 1.20 bits per heavy atom. The summed E-state index contributed by atoms with van der Waals surface area (Å²) in [5.74, 6) is -1.45. The minimum atomic E-state index is -4.80. The van der Waals surface area contributed by atoms with Crippen LogP contribution in [0.25, 0.3) is 0 Å². The number of pyridine rings is 1. The van der Waals surface area contributed by atoms with Gasteiger partial charge < -0.3 is 20.4 Å². The number of fused-ring (bicyclic) bond motifs is 1. The van der Waals surface area contributed by atoms with Crippen molar-refractivity contribution in [2.45, 2.75) is 36.5 Å². The van der Waals surface area contributed by atoms with Crippen molar-refractivity contribution in [1.29, 1.82) is 0 Å². The van der Waals surface area contributed by atoms with E-state index < -0.39 is 45.3 Å². The zero-order chi connectivity index (χ0) is 25.4. The van der Waals surface area contributed by atoms with Crippen LogP contribution >= 0.6 is 0 Å². The highest BCUT2D eigenvalue weighted by molar-refractivity contribution is 7.91. The fraction of sp³-hybridized carbons (Fsp3) is 0.409. The molecule has 2 amide bonds. The lowest BCUT2D eigenvalue weighted by Gasteiger charge is -2.35. The van der Waals surface area contributed by atoms with Crippen LogP contribution in [0.15, 0.2) is 60.2 Å². The second kappa shape index (κ2) is 9.36. The first-order chi connectivity index (χ1) is 16.5. The van der Waals surface area contributed by atoms with Crippen molar-refractivity contribution < 1.29 is 31.2 Å². The van der Waals surface area contributed by atoms with Crippen LogP contribution in [0.4, 0.5) is 13.2 Å². The van der Waals surface area contributed by atoms with Gasteiger partial charge in [-0.05, 0) is 37.1 Å². The van der Waals surface area contributed by atoms with Crippen molar-refractivity contribution in [2.75, 3.05) is 19.3 Å². The molecule has 35 heavy (non-hydrogen) atoms. The minimum Gasteiger partial charge on any atom is -0.351 e. The van der Waals surface area contributed by atoms with E-state index in [0.717, 1.165) is 0 Å². The number of carbonyl (C=O) groups excluding carboxylic acids is 2. The molecule has 1 aromatic rings. The maximum absolute atomic E-state index is 13.7. The average molecular weight is 512 g/mol. The van der Waals surface area contributed by atoms with E-state index in [2.05, 4.69) is 10.3 Å². The molecule has 3 aliphatic heterocycles. The number of alkyl halides is 3. The molecule has 1 fully saturated rings. The second-order valence-electron chi connectivity index (χ2n) is 8.47. The smallest absolute Gasteiger partial charge is 0.351 e. The predicted octanol–water partition coefficient (Wildman–Crippen LogP) is 1.36. The molecule has 2 N–H and O–H groups in total. The minimum absolute atomic E-state index is 0.180. The molecule has 2 unspecified atom stereocenters. The highest BCUT2D eigenvalue weighted by Gasteiger charge is 2.45. The summed E-state index contributed by atoms with van der Waals surface area (Å²) in [6.45, 7) is 0.434. The number of halogens is 3. The summed E-state index contributed by atoms with van der Waals surface area (Å²) in [5.41, 5.74) is -0.300. The van der Waals surface area contributed by atoms with Gasteiger partial charge in [0.05, 0.1) is 16.6 Å². The fourth-order valence-electron chi connectivity index (χ4n) is 4.29. The van der Waals surface area contributed by atoms with Crippen LogP contribution in [0.2, 0.25) is 0 Å². The number of nitrogens with zero attached hydrogens (tertiary/aromatic N) is 3. The standard InChI is InChI=1S/C22H24F3N5O4S/c1-35(33,34)14-8-12-29(13-9-14)21(32)19-27-17(16-7-3-5-11-30(16)19)20(31)28-18(22(23,24)25)15-6-2-4-10-26-15/h2-7,10-11,14,18-19,27H,8-9,12-13H2,1H3,(H,28,31). The summed E-state index contributed by atoms with van der Waals surface area (Å²) >= 11 is 0. The Hall–Kier alpha value is -3.35. The van der Waals surface area contributed by atoms with E-state index in [4.69, 9.17) is 0 Å². The van der Waals surface area contributed by atoms with E-state index >= 15 is 0 Å². The van der Waals surface area contributed by atoms with E-state index in [9.17, 15) is 31.2 Å². The summed E-state index contributed by atoms with van der Waals surface area (Å²) in [6, 6.07) is 1.68. The number of allylic oxidation sites excluding steroid dienone is 3. The van der Waals surface area contributed by atoms with Crippen molar-refractivity contribution in [1.82, 2.24) is 25.4 Å². The van der Waals surface area contributed by atoms with Crippen molar-refractivity contribution in [2.24, 2.45) is 0 Å². The number of carbonyl (C=O) groups is 2. The Bertz CT molecular complexity index is 1190. The van der Waals surface area contributed by atoms with Gasteiger partial charge in [-0.25, -0.2) is 8.42 Å². The Morgan fingerprint density at radius 3 is 2.51 bits per heavy atom. The summed E-state index contributed by atoms with van der Waals surface area (Å²) in [7, 11) is -3.22. The third kappa shape index (κ3) is 5.19. The van der Waals surface area contributed by atoms with E-state index in [1.807, 2.05) is 5.32 Å². The highest BCUT2D eigenvalue weighted by Crippen LogP contribution is 2.33. The highest BCUT2D eigenvalue weighted by atomic mass is 32.2. The van der Waals surface area contributed by atoms with Crippen LogP contribution in [0.1, 0.15) is 24.6 Å². The van der Waals surface area contributed by atoms with Gasteiger partial charge in [0.15, 0.2) is 12.2 Å². The molecule has 188 valence electrons. The SMILES string of the molecule is CS(=O)(=O)C1CCN(C(=O)C2NC(C(=O)NC(c3ccccn3)C(F)(F)F)=C3C=CC=CN32)CC1. The van der Waals surface area contributed by atoms with Crippen LogP contribution in [-0.2, 0) is 19.4 Å². The number of likely N-dealkylation sites (tertiary alicyclic amines) is 1. The number of rotatable bonds is 5. The summed E-state index contributed by atoms with van der Waals surface area (Å²) in [5, 5.41) is 4.23. The molecule has 13 heteroatoms. The van der Waals surface area contributed by atoms with E-state index in [0.29, 0.717) is 0 Å². The second-order valence-corrected chi connectivity index (χ2v) is 10.8. The molecule has 1 aromatic heterocycles. The molecule has 3 aliphatic rings. The Morgan fingerprint density at radius 2 is 1.91 bits per heavy atom. The monoisotopic (exact) mass is 511 g/mol. The third-order valence-corrected chi connectivity index (χ3v) is 7.79. The zero-order valence-electron chi connectivity index (χ0n) is 18.7. The molecular formula is C22H24F3N5O4S. The lowest BCUT2D eigenvalue weighted by Crippen LogP contribution is -2.53. The average Bonchev–Trinajstić information content (AvgIpc) is 3.21. The van der Waals surface area contributed by atoms with Crippen molar-refractivity contribution >= 4 is 21.7 Å². The predicted molar refractivity (Wildman–Crippen MR) is 120 cm³/mol. The largest absolute Gasteiger partial charge is 0.414 e. The molecule has 0 saturated carbocycles. The van der Waals surface area contributed by atoms with Gasteiger partial charge in [0.1, 0.15) is 15.5 Å². The van der Waals surface area contributed by atoms with Gasteiger partial charge in [0, 0.05) is 31.7 Å². The molecule has 0 bridgehead atoms. The van der Waals surface area contributed by atoms with Gasteiger partial charge in [-0.2, -0.15) is 13.2 Å². The quantitative estimate of drug-likeness (QED) is 0.614. The molecule has 0 spiro atoms. The Balaban J connectivity index is 1.52. The number of hydrogen-bond acceptors (Lipinski definition) is 7. The van der Waals surface area contributed by atoms with Crippen molar-refractivity contribution in [3.63, 3.8) is 0 Å². The van der Waals surface area contributed by atoms with E-state index in [1.165, 1.54) is 46.5 Å². The van der Waals surface area contributed by atoms with Crippen LogP contribution in [0.5, 0.6) is 0 Å². The van der Waals surface area contributed by atoms with Gasteiger partial charge in [-0.1, -0.05) is 12.1 Å². The number of amides is 2. The molecule has 0 aliphatic carbocycles. The first kappa shape index (κ1) is 24.8. The van der Waals surface area contributed by atoms with Crippen LogP contribution in [0.3, 0.4) is 0 Å². The maximum Gasteiger partial charge on any atom is 0.414 e. The van der Waals surface area contributed by atoms with E-state index in [-0.39, 0.29) is 43.0 Å². The summed E-state index contributed by atoms with van der Waals surface area (Å²) < 4.78 is 64.8. The molecule has 0 radical (unpaired) electrons. The van der Waals surface area contributed by atoms with Gasteiger partial charge in [-0.15, -0.1) is 0 Å². The summed E-state index contributed by atoms with van der Waals surface area (Å²) in [6.07, 6.45) is 3.40. The topological polar surface area (TPSA) is 112 Å². The fourth-order valence-corrected chi connectivity index (χ4v) is 5.35. The Labute approximate surface area is 200 Å². The summed E-state index contributed by atoms with van der Waals surface area (Å²) in [4.78, 5) is 32.9. The number of sulfone groups is 1. The molecular weight excluding hydrogens is 487 g/mol. The zero-order valence-corrected chi connectivity index (χ0v) is 19.5. The van der Waals surface area contributed by atoms with Crippen molar-refractivity contribution in [3.8, 4) is 0 Å². The van der Waals surface area contributed by atoms with Gasteiger partial charge >= 0.3 is 6.18 Å². The first-order valence-corrected chi connectivity index (χ1v) is 12.8. The molecule has 4 rings (SSSR count). The molecule has 2 atom stereocenters. The van der Waals surface area contributed by atoms with Crippen LogP contribution in [-0.4, -0.2) is 72.0 Å². The third-order valence-electron chi connectivity index (χ3n) is 6.11. The van der Waals surface area contributed by atoms with Gasteiger partial charge in [-0.3, -0.25) is 14.6 Å². The van der Waals surface area contributed by atoms with Crippen LogP contribution < -0.4 is 10.6 Å². The molecule has 1 saturated heterocycles.